The molecule has 0 aromatic carbocycles. The third kappa shape index (κ3) is 3.08. The van der Waals surface area contributed by atoms with Crippen molar-refractivity contribution in [2.45, 2.75) is 19.3 Å². The summed E-state index contributed by atoms with van der Waals surface area (Å²) in [4.78, 5) is 13.7. The summed E-state index contributed by atoms with van der Waals surface area (Å²) in [6.07, 6.45) is 3.77. The van der Waals surface area contributed by atoms with Crippen molar-refractivity contribution in [2.75, 3.05) is 24.8 Å². The maximum atomic E-state index is 13.6. The second-order valence-electron chi connectivity index (χ2n) is 6.04. The minimum atomic E-state index is -3.15. The molecule has 3 aromatic heterocycles. The maximum absolute atomic E-state index is 13.6. The standard InChI is InChI=1S/C16H15ClF2N6O/c1-16(18,19)15-20-4-3-13(22-15)25-11-7-12(17)21-8-10(11)14(23-25)24-5-2-6-26-9-24/h3-4,7-8H,2,5-6,9H2,1H3. The van der Waals surface area contributed by atoms with E-state index in [-0.39, 0.29) is 11.0 Å². The van der Waals surface area contributed by atoms with Crippen molar-refractivity contribution in [2.24, 2.45) is 0 Å². The summed E-state index contributed by atoms with van der Waals surface area (Å²) in [5.74, 6) is -2.84. The normalized spacial score (nSPS) is 15.6. The fourth-order valence-corrected chi connectivity index (χ4v) is 2.97. The highest BCUT2D eigenvalue weighted by molar-refractivity contribution is 6.30. The van der Waals surface area contributed by atoms with E-state index in [1.165, 1.54) is 16.9 Å². The summed E-state index contributed by atoms with van der Waals surface area (Å²) < 4.78 is 34.2. The Morgan fingerprint density at radius 2 is 2.15 bits per heavy atom. The molecular formula is C16H15ClF2N6O. The van der Waals surface area contributed by atoms with Gasteiger partial charge in [-0.3, -0.25) is 0 Å². The average Bonchev–Trinajstić information content (AvgIpc) is 3.00. The largest absolute Gasteiger partial charge is 0.361 e. The number of ether oxygens (including phenoxy) is 1. The lowest BCUT2D eigenvalue weighted by atomic mass is 10.3. The van der Waals surface area contributed by atoms with Gasteiger partial charge in [0.2, 0.25) is 5.82 Å². The van der Waals surface area contributed by atoms with Crippen LogP contribution in [0.15, 0.2) is 24.5 Å². The molecule has 0 amide bonds. The van der Waals surface area contributed by atoms with Gasteiger partial charge in [-0.2, -0.15) is 8.78 Å². The minimum absolute atomic E-state index is 0.230. The first-order valence-electron chi connectivity index (χ1n) is 8.02. The lowest BCUT2D eigenvalue weighted by Crippen LogP contribution is -2.33. The zero-order chi connectivity index (χ0) is 18.3. The van der Waals surface area contributed by atoms with Crippen molar-refractivity contribution in [3.05, 3.63) is 35.5 Å². The van der Waals surface area contributed by atoms with E-state index in [1.54, 1.807) is 12.3 Å². The molecule has 0 unspecified atom stereocenters. The number of halogens is 3. The summed E-state index contributed by atoms with van der Waals surface area (Å²) in [6, 6.07) is 3.15. The minimum Gasteiger partial charge on any atom is -0.361 e. The van der Waals surface area contributed by atoms with Gasteiger partial charge in [-0.15, -0.1) is 5.10 Å². The zero-order valence-electron chi connectivity index (χ0n) is 13.9. The zero-order valence-corrected chi connectivity index (χ0v) is 14.6. The first-order valence-corrected chi connectivity index (χ1v) is 8.40. The number of rotatable bonds is 3. The topological polar surface area (TPSA) is 69.0 Å². The van der Waals surface area contributed by atoms with Crippen LogP contribution in [0.3, 0.4) is 0 Å². The molecule has 10 heteroatoms. The molecule has 26 heavy (non-hydrogen) atoms. The van der Waals surface area contributed by atoms with Crippen molar-refractivity contribution >= 4 is 28.3 Å². The fourth-order valence-electron chi connectivity index (χ4n) is 2.82. The van der Waals surface area contributed by atoms with Crippen LogP contribution in [-0.2, 0) is 10.7 Å². The van der Waals surface area contributed by atoms with E-state index < -0.39 is 11.7 Å². The molecule has 3 aromatic rings. The van der Waals surface area contributed by atoms with Gasteiger partial charge in [0.05, 0.1) is 17.5 Å². The van der Waals surface area contributed by atoms with Crippen LogP contribution in [0, 0.1) is 0 Å². The van der Waals surface area contributed by atoms with E-state index >= 15 is 0 Å². The predicted octanol–water partition coefficient (Wildman–Crippen LogP) is 3.16. The van der Waals surface area contributed by atoms with Gasteiger partial charge in [0.15, 0.2) is 11.6 Å². The Morgan fingerprint density at radius 3 is 2.88 bits per heavy atom. The Balaban J connectivity index is 1.88. The number of alkyl halides is 2. The number of pyridine rings is 1. The van der Waals surface area contributed by atoms with Crippen molar-refractivity contribution in [3.63, 3.8) is 0 Å². The molecule has 0 aliphatic carbocycles. The third-order valence-electron chi connectivity index (χ3n) is 4.03. The number of fused-ring (bicyclic) bond motifs is 1. The fraction of sp³-hybridized carbons (Fsp3) is 0.375. The molecule has 0 saturated carbocycles. The molecule has 7 nitrogen and oxygen atoms in total. The number of hydrogen-bond donors (Lipinski definition) is 0. The van der Waals surface area contributed by atoms with Gasteiger partial charge in [0.1, 0.15) is 11.9 Å². The van der Waals surface area contributed by atoms with Gasteiger partial charge >= 0.3 is 5.92 Å². The average molecular weight is 381 g/mol. The lowest BCUT2D eigenvalue weighted by molar-refractivity contribution is 0.00764. The van der Waals surface area contributed by atoms with Crippen LogP contribution in [0.1, 0.15) is 19.2 Å². The van der Waals surface area contributed by atoms with Crippen molar-refractivity contribution in [1.29, 1.82) is 0 Å². The van der Waals surface area contributed by atoms with E-state index in [2.05, 4.69) is 20.1 Å². The Bertz CT molecular complexity index is 952. The molecule has 0 N–H and O–H groups in total. The molecule has 1 aliphatic rings. The van der Waals surface area contributed by atoms with E-state index in [0.717, 1.165) is 25.3 Å². The van der Waals surface area contributed by atoms with Crippen molar-refractivity contribution < 1.29 is 13.5 Å². The smallest absolute Gasteiger partial charge is 0.303 e. The maximum Gasteiger partial charge on any atom is 0.303 e. The quantitative estimate of drug-likeness (QED) is 0.650. The highest BCUT2D eigenvalue weighted by Gasteiger charge is 2.29. The van der Waals surface area contributed by atoms with Crippen molar-refractivity contribution in [1.82, 2.24) is 24.7 Å². The van der Waals surface area contributed by atoms with Crippen LogP contribution in [0.5, 0.6) is 0 Å². The summed E-state index contributed by atoms with van der Waals surface area (Å²) >= 11 is 6.03. The van der Waals surface area contributed by atoms with E-state index in [0.29, 0.717) is 24.7 Å². The number of aromatic nitrogens is 5. The van der Waals surface area contributed by atoms with Crippen LogP contribution in [0.25, 0.3) is 16.7 Å². The Hall–Kier alpha value is -2.39. The van der Waals surface area contributed by atoms with Gasteiger partial charge in [-0.05, 0) is 6.42 Å². The highest BCUT2D eigenvalue weighted by atomic mass is 35.5. The molecular weight excluding hydrogens is 366 g/mol. The van der Waals surface area contributed by atoms with Gasteiger partial charge < -0.3 is 9.64 Å². The molecule has 1 saturated heterocycles. The van der Waals surface area contributed by atoms with Crippen LogP contribution in [-0.4, -0.2) is 44.6 Å². The second kappa shape index (κ2) is 6.40. The molecule has 1 aliphatic heterocycles. The molecule has 136 valence electrons. The summed E-state index contributed by atoms with van der Waals surface area (Å²) in [5.41, 5.74) is 0.620. The number of nitrogens with zero attached hydrogens (tertiary/aromatic N) is 6. The van der Waals surface area contributed by atoms with Crippen LogP contribution < -0.4 is 4.90 Å². The molecule has 0 bridgehead atoms. The SMILES string of the molecule is CC(F)(F)c1nccc(-n2nc(N3CCCOC3)c3cnc(Cl)cc32)n1. The van der Waals surface area contributed by atoms with Crippen LogP contribution in [0.4, 0.5) is 14.6 Å². The predicted molar refractivity (Wildman–Crippen MR) is 91.8 cm³/mol. The number of hydrogen-bond acceptors (Lipinski definition) is 6. The Kier molecular flexibility index (Phi) is 4.20. The van der Waals surface area contributed by atoms with E-state index in [1.807, 2.05) is 4.90 Å². The molecule has 4 heterocycles. The van der Waals surface area contributed by atoms with Gasteiger partial charge in [0.25, 0.3) is 0 Å². The lowest BCUT2D eigenvalue weighted by Gasteiger charge is -2.26. The molecule has 0 spiro atoms. The molecule has 0 radical (unpaired) electrons. The van der Waals surface area contributed by atoms with E-state index in [9.17, 15) is 8.78 Å². The van der Waals surface area contributed by atoms with Crippen molar-refractivity contribution in [3.8, 4) is 5.82 Å². The monoisotopic (exact) mass is 380 g/mol. The summed E-state index contributed by atoms with van der Waals surface area (Å²) in [5, 5.41) is 5.59. The van der Waals surface area contributed by atoms with Gasteiger partial charge in [-0.25, -0.2) is 19.6 Å². The third-order valence-corrected chi connectivity index (χ3v) is 4.23. The highest BCUT2D eigenvalue weighted by Crippen LogP contribution is 2.30. The number of anilines is 1. The summed E-state index contributed by atoms with van der Waals surface area (Å²) in [6.45, 7) is 2.62. The Labute approximate surface area is 152 Å². The van der Waals surface area contributed by atoms with Crippen LogP contribution in [0.2, 0.25) is 5.15 Å². The summed E-state index contributed by atoms with van der Waals surface area (Å²) in [7, 11) is 0. The van der Waals surface area contributed by atoms with E-state index in [4.69, 9.17) is 16.3 Å². The van der Waals surface area contributed by atoms with Gasteiger partial charge in [0, 0.05) is 38.0 Å². The second-order valence-corrected chi connectivity index (χ2v) is 6.43. The Morgan fingerprint density at radius 1 is 1.31 bits per heavy atom. The molecule has 1 fully saturated rings. The van der Waals surface area contributed by atoms with Gasteiger partial charge in [-0.1, -0.05) is 11.6 Å². The first kappa shape index (κ1) is 17.0. The molecule has 0 atom stereocenters. The first-order chi connectivity index (χ1) is 12.4. The molecule has 4 rings (SSSR count). The van der Waals surface area contributed by atoms with Crippen LogP contribution >= 0.6 is 11.6 Å².